The first-order chi connectivity index (χ1) is 11.8. The van der Waals surface area contributed by atoms with Crippen LogP contribution in [0.4, 0.5) is 0 Å². The van der Waals surface area contributed by atoms with Gasteiger partial charge in [0, 0.05) is 6.07 Å². The fourth-order valence-electron chi connectivity index (χ4n) is 2.69. The summed E-state index contributed by atoms with van der Waals surface area (Å²) < 4.78 is 26.7. The minimum absolute atomic E-state index is 0.172. The van der Waals surface area contributed by atoms with Crippen LogP contribution in [0.15, 0.2) is 44.3 Å². The minimum atomic E-state index is -0.186. The first-order valence-corrected chi connectivity index (χ1v) is 6.96. The lowest BCUT2D eigenvalue weighted by molar-refractivity contribution is 0.363. The summed E-state index contributed by atoms with van der Waals surface area (Å²) in [5.74, 6) is 1.07. The lowest BCUT2D eigenvalue weighted by atomic mass is 10.0. The topological polar surface area (TPSA) is 104 Å². The number of hydrogen-bond donors (Lipinski definition) is 1. The smallest absolute Gasteiger partial charge is 0.205 e. The Morgan fingerprint density at radius 2 is 1.88 bits per heavy atom. The third kappa shape index (κ3) is 1.86. The van der Waals surface area contributed by atoms with Gasteiger partial charge < -0.3 is 28.0 Å². The van der Waals surface area contributed by atoms with Crippen LogP contribution in [0.1, 0.15) is 0 Å². The monoisotopic (exact) mass is 328 g/mol. The molecule has 0 radical (unpaired) electrons. The van der Waals surface area contributed by atoms with Crippen molar-refractivity contribution in [2.75, 3.05) is 14.2 Å². The van der Waals surface area contributed by atoms with E-state index in [9.17, 15) is 5.11 Å². The molecule has 0 aliphatic rings. The Kier molecular flexibility index (Phi) is 3.16. The number of ether oxygens (including phenoxy) is 2. The molecule has 0 fully saturated rings. The molecular formula is C16H12N2O6. The predicted molar refractivity (Wildman–Crippen MR) is 82.0 cm³/mol. The van der Waals surface area contributed by atoms with E-state index in [1.165, 1.54) is 32.9 Å². The van der Waals surface area contributed by atoms with E-state index in [-0.39, 0.29) is 22.8 Å². The van der Waals surface area contributed by atoms with Gasteiger partial charge in [-0.15, -0.1) is 0 Å². The van der Waals surface area contributed by atoms with Crippen LogP contribution in [-0.4, -0.2) is 29.6 Å². The third-order valence-corrected chi connectivity index (χ3v) is 3.70. The molecule has 8 heteroatoms. The van der Waals surface area contributed by atoms with Gasteiger partial charge in [-0.3, -0.25) is 0 Å². The van der Waals surface area contributed by atoms with E-state index in [1.54, 1.807) is 12.1 Å². The van der Waals surface area contributed by atoms with Crippen molar-refractivity contribution in [3.05, 3.63) is 30.8 Å². The number of hydrogen-bond acceptors (Lipinski definition) is 8. The van der Waals surface area contributed by atoms with E-state index in [2.05, 4.69) is 10.3 Å². The van der Waals surface area contributed by atoms with E-state index < -0.39 is 0 Å². The Hall–Kier alpha value is -3.42. The van der Waals surface area contributed by atoms with Crippen molar-refractivity contribution in [1.82, 2.24) is 10.3 Å². The maximum absolute atomic E-state index is 10.7. The molecule has 3 aromatic heterocycles. The number of aromatic hydroxyl groups is 1. The molecule has 8 nitrogen and oxygen atoms in total. The van der Waals surface area contributed by atoms with Gasteiger partial charge in [-0.1, -0.05) is 10.3 Å². The van der Waals surface area contributed by atoms with Crippen molar-refractivity contribution in [3.63, 3.8) is 0 Å². The highest BCUT2D eigenvalue weighted by atomic mass is 16.5. The number of rotatable bonds is 4. The summed E-state index contributed by atoms with van der Waals surface area (Å²) in [6, 6.07) is 3.37. The molecule has 3 heterocycles. The summed E-state index contributed by atoms with van der Waals surface area (Å²) in [4.78, 5) is 0. The first-order valence-electron chi connectivity index (χ1n) is 6.96. The van der Waals surface area contributed by atoms with Gasteiger partial charge in [0.25, 0.3) is 0 Å². The molecule has 4 rings (SSSR count). The lowest BCUT2D eigenvalue weighted by Crippen LogP contribution is -1.94. The average molecular weight is 328 g/mol. The van der Waals surface area contributed by atoms with E-state index in [4.69, 9.17) is 22.9 Å². The maximum atomic E-state index is 10.7. The van der Waals surface area contributed by atoms with Crippen LogP contribution in [0.3, 0.4) is 0 Å². The van der Waals surface area contributed by atoms with E-state index >= 15 is 0 Å². The standard InChI is InChI=1S/C16H12N2O6/c1-20-13-8-4-6-22-15(8)16(21-2)12(19)11(13)14-9(7-18-24-14)10-3-5-17-23-10/h3-7,19H,1-2H3. The Labute approximate surface area is 135 Å². The van der Waals surface area contributed by atoms with Gasteiger partial charge in [0.1, 0.15) is 11.3 Å². The first kappa shape index (κ1) is 14.2. The largest absolute Gasteiger partial charge is 0.504 e. The van der Waals surface area contributed by atoms with Gasteiger partial charge in [-0.05, 0) is 6.07 Å². The van der Waals surface area contributed by atoms with E-state index in [0.29, 0.717) is 28.0 Å². The molecule has 0 bridgehead atoms. The van der Waals surface area contributed by atoms with Crippen LogP contribution >= 0.6 is 0 Å². The SMILES string of the molecule is COc1c(-c2oncc2-c2ccno2)c(O)c(OC)c2occc12. The van der Waals surface area contributed by atoms with Gasteiger partial charge in [0.2, 0.25) is 5.75 Å². The van der Waals surface area contributed by atoms with Gasteiger partial charge in [0.05, 0.1) is 43.8 Å². The molecule has 0 unspecified atom stereocenters. The van der Waals surface area contributed by atoms with Crippen molar-refractivity contribution < 1.29 is 28.0 Å². The molecule has 1 aromatic carbocycles. The number of phenolic OH excluding ortho intramolecular Hbond substituents is 1. The number of benzene rings is 1. The summed E-state index contributed by atoms with van der Waals surface area (Å²) in [7, 11) is 2.92. The summed E-state index contributed by atoms with van der Waals surface area (Å²) in [5, 5.41) is 18.8. The second kappa shape index (κ2) is 5.34. The van der Waals surface area contributed by atoms with Gasteiger partial charge >= 0.3 is 0 Å². The molecule has 0 aliphatic carbocycles. The van der Waals surface area contributed by atoms with Crippen LogP contribution in [0.25, 0.3) is 33.6 Å². The Morgan fingerprint density at radius 1 is 1.04 bits per heavy atom. The third-order valence-electron chi connectivity index (χ3n) is 3.70. The molecule has 4 aromatic rings. The second-order valence-corrected chi connectivity index (χ2v) is 4.90. The van der Waals surface area contributed by atoms with Crippen LogP contribution < -0.4 is 9.47 Å². The number of nitrogens with zero attached hydrogens (tertiary/aromatic N) is 2. The van der Waals surface area contributed by atoms with Crippen LogP contribution in [0.2, 0.25) is 0 Å². The molecule has 0 aliphatic heterocycles. The zero-order valence-electron chi connectivity index (χ0n) is 12.8. The van der Waals surface area contributed by atoms with Gasteiger partial charge in [0.15, 0.2) is 22.9 Å². The van der Waals surface area contributed by atoms with Crippen molar-refractivity contribution in [1.29, 1.82) is 0 Å². The number of fused-ring (bicyclic) bond motifs is 1. The fourth-order valence-corrected chi connectivity index (χ4v) is 2.69. The zero-order valence-corrected chi connectivity index (χ0v) is 12.8. The highest BCUT2D eigenvalue weighted by molar-refractivity contribution is 6.01. The minimum Gasteiger partial charge on any atom is -0.504 e. The summed E-state index contributed by atoms with van der Waals surface area (Å²) in [5.41, 5.74) is 1.18. The second-order valence-electron chi connectivity index (χ2n) is 4.90. The molecule has 1 N–H and O–H groups in total. The Balaban J connectivity index is 2.08. The molecular weight excluding hydrogens is 316 g/mol. The molecule has 0 spiro atoms. The Morgan fingerprint density at radius 3 is 2.58 bits per heavy atom. The number of furan rings is 1. The van der Waals surface area contributed by atoms with E-state index in [0.717, 1.165) is 0 Å². The molecule has 0 saturated heterocycles. The molecule has 122 valence electrons. The average Bonchev–Trinajstić information content (AvgIpc) is 3.32. The quantitative estimate of drug-likeness (QED) is 0.607. The van der Waals surface area contributed by atoms with Gasteiger partial charge in [-0.2, -0.15) is 0 Å². The predicted octanol–water partition coefficient (Wildman–Crippen LogP) is 3.47. The van der Waals surface area contributed by atoms with Crippen LogP contribution in [0.5, 0.6) is 17.2 Å². The van der Waals surface area contributed by atoms with Crippen molar-refractivity contribution in [2.45, 2.75) is 0 Å². The molecule has 24 heavy (non-hydrogen) atoms. The van der Waals surface area contributed by atoms with Gasteiger partial charge in [-0.25, -0.2) is 0 Å². The van der Waals surface area contributed by atoms with Crippen LogP contribution in [-0.2, 0) is 0 Å². The Bertz CT molecular complexity index is 999. The van der Waals surface area contributed by atoms with Crippen molar-refractivity contribution in [3.8, 4) is 39.9 Å². The number of aromatic nitrogens is 2. The fraction of sp³-hybridized carbons (Fsp3) is 0.125. The normalized spacial score (nSPS) is 11.1. The summed E-state index contributed by atoms with van der Waals surface area (Å²) in [6.45, 7) is 0. The zero-order chi connectivity index (χ0) is 16.7. The number of methoxy groups -OCH3 is 2. The van der Waals surface area contributed by atoms with E-state index in [1.807, 2.05) is 0 Å². The summed E-state index contributed by atoms with van der Waals surface area (Å²) in [6.07, 6.45) is 4.46. The lowest BCUT2D eigenvalue weighted by Gasteiger charge is -2.13. The van der Waals surface area contributed by atoms with Crippen LogP contribution in [0, 0.1) is 0 Å². The molecule has 0 saturated carbocycles. The van der Waals surface area contributed by atoms with Crippen molar-refractivity contribution in [2.24, 2.45) is 0 Å². The molecule has 0 amide bonds. The molecule has 0 atom stereocenters. The highest BCUT2D eigenvalue weighted by Crippen LogP contribution is 2.52. The number of phenols is 1. The highest BCUT2D eigenvalue weighted by Gasteiger charge is 2.29. The maximum Gasteiger partial charge on any atom is 0.205 e. The van der Waals surface area contributed by atoms with Crippen molar-refractivity contribution >= 4 is 11.0 Å². The summed E-state index contributed by atoms with van der Waals surface area (Å²) >= 11 is 0.